The van der Waals surface area contributed by atoms with Gasteiger partial charge in [0.05, 0.1) is 5.92 Å². The summed E-state index contributed by atoms with van der Waals surface area (Å²) in [5.74, 6) is 0.586. The molecule has 3 aromatic rings. The van der Waals surface area contributed by atoms with Crippen LogP contribution in [0, 0.1) is 6.92 Å². The molecule has 0 bridgehead atoms. The summed E-state index contributed by atoms with van der Waals surface area (Å²) in [4.78, 5) is 12.4. The molecule has 0 aliphatic heterocycles. The second-order valence-corrected chi connectivity index (χ2v) is 5.24. The fourth-order valence-electron chi connectivity index (χ4n) is 2.40. The van der Waals surface area contributed by atoms with Gasteiger partial charge in [-0.15, -0.1) is 10.2 Å². The molecular weight excluding hydrogens is 290 g/mol. The molecule has 0 saturated carbocycles. The van der Waals surface area contributed by atoms with Crippen molar-refractivity contribution in [1.29, 1.82) is 0 Å². The normalized spacial score (nSPS) is 11.9. The zero-order chi connectivity index (χ0) is 16.1. The van der Waals surface area contributed by atoms with Crippen molar-refractivity contribution >= 4 is 11.6 Å². The predicted octanol–water partition coefficient (Wildman–Crippen LogP) is 3.54. The van der Waals surface area contributed by atoms with Gasteiger partial charge in [-0.2, -0.15) is 0 Å². The van der Waals surface area contributed by atoms with Crippen LogP contribution in [0.2, 0.25) is 0 Å². The lowest BCUT2D eigenvalue weighted by Gasteiger charge is -2.13. The molecule has 0 aliphatic rings. The summed E-state index contributed by atoms with van der Waals surface area (Å²) in [7, 11) is 0. The maximum absolute atomic E-state index is 12.4. The van der Waals surface area contributed by atoms with Crippen molar-refractivity contribution in [3.05, 3.63) is 78.0 Å². The summed E-state index contributed by atoms with van der Waals surface area (Å²) in [6.45, 7) is 1.74. The summed E-state index contributed by atoms with van der Waals surface area (Å²) in [6, 6.07) is 19.1. The van der Waals surface area contributed by atoms with Gasteiger partial charge in [0.25, 0.3) is 0 Å². The second kappa shape index (κ2) is 6.87. The molecule has 0 unspecified atom stereocenters. The van der Waals surface area contributed by atoms with Crippen LogP contribution >= 0.6 is 0 Å². The molecule has 1 heterocycles. The standard InChI is InChI=1S/C18H17N3O2/c1-13-20-21-18(23-13)16(14-8-4-2-5-9-14)12-17(22)19-15-10-6-3-7-11-15/h2-11,16H,12H2,1H3,(H,19,22)/t16-/m0/s1. The number of hydrogen-bond acceptors (Lipinski definition) is 4. The van der Waals surface area contributed by atoms with Crippen molar-refractivity contribution in [3.63, 3.8) is 0 Å². The third kappa shape index (κ3) is 3.83. The number of carbonyl (C=O) groups excluding carboxylic acids is 1. The molecule has 0 spiro atoms. The molecule has 1 amide bonds. The van der Waals surface area contributed by atoms with Crippen molar-refractivity contribution < 1.29 is 9.21 Å². The first-order valence-corrected chi connectivity index (χ1v) is 7.42. The van der Waals surface area contributed by atoms with E-state index >= 15 is 0 Å². The maximum atomic E-state index is 12.4. The molecule has 3 rings (SSSR count). The Morgan fingerprint density at radius 2 is 1.70 bits per heavy atom. The number of aryl methyl sites for hydroxylation is 1. The van der Waals surface area contributed by atoms with E-state index in [1.165, 1.54) is 0 Å². The molecule has 23 heavy (non-hydrogen) atoms. The average Bonchev–Trinajstić information content (AvgIpc) is 3.00. The molecule has 116 valence electrons. The van der Waals surface area contributed by atoms with Gasteiger partial charge in [0.2, 0.25) is 17.7 Å². The lowest BCUT2D eigenvalue weighted by atomic mass is 9.95. The number of aromatic nitrogens is 2. The van der Waals surface area contributed by atoms with Gasteiger partial charge < -0.3 is 9.73 Å². The zero-order valence-corrected chi connectivity index (χ0v) is 12.8. The Labute approximate surface area is 134 Å². The first-order valence-electron chi connectivity index (χ1n) is 7.42. The van der Waals surface area contributed by atoms with E-state index in [2.05, 4.69) is 15.5 Å². The number of para-hydroxylation sites is 1. The lowest BCUT2D eigenvalue weighted by Crippen LogP contribution is -2.16. The highest BCUT2D eigenvalue weighted by Crippen LogP contribution is 2.27. The lowest BCUT2D eigenvalue weighted by molar-refractivity contribution is -0.116. The van der Waals surface area contributed by atoms with Crippen LogP contribution in [0.3, 0.4) is 0 Å². The predicted molar refractivity (Wildman–Crippen MR) is 87.0 cm³/mol. The smallest absolute Gasteiger partial charge is 0.225 e. The first-order chi connectivity index (χ1) is 11.2. The number of rotatable bonds is 5. The van der Waals surface area contributed by atoms with Crippen molar-refractivity contribution in [3.8, 4) is 0 Å². The molecule has 1 aromatic heterocycles. The minimum atomic E-state index is -0.263. The third-order valence-corrected chi connectivity index (χ3v) is 3.49. The fourth-order valence-corrected chi connectivity index (χ4v) is 2.40. The van der Waals surface area contributed by atoms with Crippen LogP contribution in [0.1, 0.15) is 29.7 Å². The molecule has 2 aromatic carbocycles. The van der Waals surface area contributed by atoms with Crippen LogP contribution in [0.5, 0.6) is 0 Å². The highest BCUT2D eigenvalue weighted by atomic mass is 16.4. The Bertz CT molecular complexity index is 769. The van der Waals surface area contributed by atoms with Gasteiger partial charge in [0.15, 0.2) is 0 Å². The molecular formula is C18H17N3O2. The molecule has 0 radical (unpaired) electrons. The minimum absolute atomic E-state index is 0.0964. The summed E-state index contributed by atoms with van der Waals surface area (Å²) >= 11 is 0. The highest BCUT2D eigenvalue weighted by Gasteiger charge is 2.23. The van der Waals surface area contributed by atoms with Gasteiger partial charge in [-0.25, -0.2) is 0 Å². The van der Waals surface area contributed by atoms with Crippen LogP contribution in [0.4, 0.5) is 5.69 Å². The van der Waals surface area contributed by atoms with Gasteiger partial charge in [0.1, 0.15) is 0 Å². The topological polar surface area (TPSA) is 68.0 Å². The van der Waals surface area contributed by atoms with Crippen molar-refractivity contribution in [2.45, 2.75) is 19.3 Å². The average molecular weight is 307 g/mol. The summed E-state index contributed by atoms with van der Waals surface area (Å²) in [5, 5.41) is 10.9. The summed E-state index contributed by atoms with van der Waals surface area (Å²) in [6.07, 6.45) is 0.237. The van der Waals surface area contributed by atoms with Crippen molar-refractivity contribution in [2.24, 2.45) is 0 Å². The molecule has 0 saturated heterocycles. The Balaban J connectivity index is 1.80. The Morgan fingerprint density at radius 1 is 1.04 bits per heavy atom. The largest absolute Gasteiger partial charge is 0.425 e. The number of nitrogens with zero attached hydrogens (tertiary/aromatic N) is 2. The maximum Gasteiger partial charge on any atom is 0.225 e. The van der Waals surface area contributed by atoms with Crippen molar-refractivity contribution in [1.82, 2.24) is 10.2 Å². The second-order valence-electron chi connectivity index (χ2n) is 5.24. The zero-order valence-electron chi connectivity index (χ0n) is 12.8. The quantitative estimate of drug-likeness (QED) is 0.783. The van der Waals surface area contributed by atoms with Crippen LogP contribution < -0.4 is 5.32 Å². The summed E-state index contributed by atoms with van der Waals surface area (Å²) < 4.78 is 5.55. The number of anilines is 1. The minimum Gasteiger partial charge on any atom is -0.425 e. The molecule has 1 N–H and O–H groups in total. The van der Waals surface area contributed by atoms with E-state index in [0.29, 0.717) is 11.8 Å². The van der Waals surface area contributed by atoms with Gasteiger partial charge >= 0.3 is 0 Å². The van der Waals surface area contributed by atoms with Crippen LogP contribution in [-0.4, -0.2) is 16.1 Å². The van der Waals surface area contributed by atoms with Gasteiger partial charge in [-0.3, -0.25) is 4.79 Å². The SMILES string of the molecule is Cc1nnc([C@@H](CC(=O)Nc2ccccc2)c2ccccc2)o1. The molecule has 5 nitrogen and oxygen atoms in total. The van der Waals surface area contributed by atoms with E-state index in [1.807, 2.05) is 60.7 Å². The molecule has 1 atom stereocenters. The molecule has 0 aliphatic carbocycles. The van der Waals surface area contributed by atoms with E-state index in [-0.39, 0.29) is 18.2 Å². The van der Waals surface area contributed by atoms with Crippen LogP contribution in [0.25, 0.3) is 0 Å². The number of amides is 1. The van der Waals surface area contributed by atoms with E-state index in [4.69, 9.17) is 4.42 Å². The fraction of sp³-hybridized carbons (Fsp3) is 0.167. The van der Waals surface area contributed by atoms with E-state index < -0.39 is 0 Å². The number of benzene rings is 2. The third-order valence-electron chi connectivity index (χ3n) is 3.49. The van der Waals surface area contributed by atoms with Crippen molar-refractivity contribution in [2.75, 3.05) is 5.32 Å². The Hall–Kier alpha value is -2.95. The van der Waals surface area contributed by atoms with Gasteiger partial charge in [-0.1, -0.05) is 48.5 Å². The monoisotopic (exact) mass is 307 g/mol. The van der Waals surface area contributed by atoms with E-state index in [0.717, 1.165) is 11.3 Å². The van der Waals surface area contributed by atoms with E-state index in [1.54, 1.807) is 6.92 Å². The number of carbonyl (C=O) groups is 1. The molecule has 5 heteroatoms. The molecule has 0 fully saturated rings. The summed E-state index contributed by atoms with van der Waals surface area (Å²) in [5.41, 5.74) is 1.74. The number of nitrogens with one attached hydrogen (secondary N) is 1. The Morgan fingerprint density at radius 3 is 2.30 bits per heavy atom. The highest BCUT2D eigenvalue weighted by molar-refractivity contribution is 5.91. The Kier molecular flexibility index (Phi) is 4.47. The van der Waals surface area contributed by atoms with E-state index in [9.17, 15) is 4.79 Å². The van der Waals surface area contributed by atoms with Gasteiger partial charge in [-0.05, 0) is 17.7 Å². The van der Waals surface area contributed by atoms with Gasteiger partial charge in [0, 0.05) is 19.0 Å². The number of hydrogen-bond donors (Lipinski definition) is 1. The first kappa shape index (κ1) is 15.0. The van der Waals surface area contributed by atoms with Crippen LogP contribution in [0.15, 0.2) is 65.1 Å². The van der Waals surface area contributed by atoms with Crippen LogP contribution in [-0.2, 0) is 4.79 Å².